The van der Waals surface area contributed by atoms with Gasteiger partial charge in [-0.05, 0) is 31.6 Å². The minimum absolute atomic E-state index is 0.103. The minimum Gasteiger partial charge on any atom is -0.462 e. The van der Waals surface area contributed by atoms with Crippen molar-refractivity contribution in [3.63, 3.8) is 0 Å². The van der Waals surface area contributed by atoms with Crippen molar-refractivity contribution in [2.24, 2.45) is 5.92 Å². The Labute approximate surface area is 505 Å². The molecule has 0 spiro atoms. The minimum atomic E-state index is -4.94. The van der Waals surface area contributed by atoms with Gasteiger partial charge in [-0.3, -0.25) is 37.3 Å². The van der Waals surface area contributed by atoms with Crippen molar-refractivity contribution in [3.05, 3.63) is 0 Å². The molecule has 0 radical (unpaired) electrons. The van der Waals surface area contributed by atoms with Crippen LogP contribution in [0.1, 0.15) is 324 Å². The highest BCUT2D eigenvalue weighted by Crippen LogP contribution is 2.45. The van der Waals surface area contributed by atoms with Gasteiger partial charge in [0.05, 0.1) is 26.4 Å². The van der Waals surface area contributed by atoms with Crippen LogP contribution in [0.25, 0.3) is 0 Å². The molecular formula is C64H124O17P2. The number of hydrogen-bond acceptors (Lipinski definition) is 15. The normalized spacial score (nSPS) is 14.2. The first-order valence-corrected chi connectivity index (χ1v) is 36.6. The van der Waals surface area contributed by atoms with Crippen molar-refractivity contribution < 1.29 is 80.2 Å². The Hall–Kier alpha value is -1.94. The zero-order valence-electron chi connectivity index (χ0n) is 53.3. The molecule has 492 valence electrons. The summed E-state index contributed by atoms with van der Waals surface area (Å²) in [5.41, 5.74) is 0. The average molecular weight is 1230 g/mol. The van der Waals surface area contributed by atoms with Gasteiger partial charge in [-0.1, -0.05) is 272 Å². The predicted octanol–water partition coefficient (Wildman–Crippen LogP) is 17.8. The van der Waals surface area contributed by atoms with Crippen LogP contribution < -0.4 is 0 Å². The molecule has 0 aliphatic heterocycles. The summed E-state index contributed by atoms with van der Waals surface area (Å²) in [5, 5.41) is 10.5. The summed E-state index contributed by atoms with van der Waals surface area (Å²) in [6, 6.07) is 0. The molecule has 0 aromatic rings. The molecule has 3 N–H and O–H groups in total. The molecule has 0 aromatic carbocycles. The standard InChI is InChI=1S/C64H124O17P2/c1-6-9-12-15-17-18-19-20-21-22-23-24-25-26-31-35-40-45-50-64(69)81-60(54-75-62(67)48-43-38-34-30-28-27-29-33-37-41-46-57(4)5)56-79-83(72,73)77-52-58(65)51-76-82(70,71)78-55-59(53-74-61(66)47-42-36-14-11-8-3)80-63(68)49-44-39-32-16-13-10-7-2/h57-60,65H,6-56H2,1-5H3,(H,70,71)(H,72,73)/t58-,59+,60+/m0/s1. The molecule has 0 amide bonds. The van der Waals surface area contributed by atoms with Crippen molar-refractivity contribution in [1.29, 1.82) is 0 Å². The first kappa shape index (κ1) is 81.1. The van der Waals surface area contributed by atoms with Crippen molar-refractivity contribution in [2.45, 2.75) is 342 Å². The van der Waals surface area contributed by atoms with Crippen LogP contribution in [-0.4, -0.2) is 96.7 Å². The number of phosphoric acid groups is 2. The van der Waals surface area contributed by atoms with Crippen LogP contribution >= 0.6 is 15.6 Å². The average Bonchev–Trinajstić information content (AvgIpc) is 3.49. The van der Waals surface area contributed by atoms with Gasteiger partial charge in [-0.2, -0.15) is 0 Å². The maximum Gasteiger partial charge on any atom is 0.472 e. The SMILES string of the molecule is CCCCCCCCCCCCCCCCCCCCC(=O)O[C@H](COC(=O)CCCCCCCCCCCCC(C)C)COP(=O)(O)OC[C@@H](O)COP(=O)(O)OC[C@@H](COC(=O)CCCCCCC)OC(=O)CCCCCCCCC. The fourth-order valence-electron chi connectivity index (χ4n) is 9.58. The van der Waals surface area contributed by atoms with Gasteiger partial charge in [0.15, 0.2) is 12.2 Å². The molecule has 2 unspecified atom stereocenters. The van der Waals surface area contributed by atoms with E-state index in [1.807, 2.05) is 0 Å². The molecule has 0 heterocycles. The molecule has 19 heteroatoms. The highest BCUT2D eigenvalue weighted by Gasteiger charge is 2.30. The van der Waals surface area contributed by atoms with E-state index in [1.165, 1.54) is 128 Å². The molecule has 0 aliphatic carbocycles. The molecule has 0 aliphatic rings. The van der Waals surface area contributed by atoms with E-state index in [0.717, 1.165) is 115 Å². The number of carbonyl (C=O) groups excluding carboxylic acids is 4. The molecule has 17 nitrogen and oxygen atoms in total. The van der Waals surface area contributed by atoms with Crippen LogP contribution in [0.4, 0.5) is 0 Å². The maximum absolute atomic E-state index is 13.0. The van der Waals surface area contributed by atoms with Crippen LogP contribution in [0, 0.1) is 5.92 Å². The monoisotopic (exact) mass is 1230 g/mol. The number of aliphatic hydroxyl groups excluding tert-OH is 1. The van der Waals surface area contributed by atoms with Gasteiger partial charge in [0.1, 0.15) is 19.3 Å². The Morgan fingerprint density at radius 1 is 0.325 bits per heavy atom. The lowest BCUT2D eigenvalue weighted by atomic mass is 10.0. The molecule has 0 rings (SSSR count). The quantitative estimate of drug-likeness (QED) is 0.0222. The van der Waals surface area contributed by atoms with E-state index in [1.54, 1.807) is 0 Å². The van der Waals surface area contributed by atoms with E-state index in [4.69, 9.17) is 37.0 Å². The fraction of sp³-hybridized carbons (Fsp3) is 0.938. The van der Waals surface area contributed by atoms with Crippen LogP contribution in [0.15, 0.2) is 0 Å². The van der Waals surface area contributed by atoms with Crippen molar-refractivity contribution >= 4 is 39.5 Å². The third-order valence-electron chi connectivity index (χ3n) is 14.8. The Bertz CT molecular complexity index is 1620. The molecular weight excluding hydrogens is 1100 g/mol. The van der Waals surface area contributed by atoms with E-state index in [9.17, 15) is 43.2 Å². The molecule has 0 saturated carbocycles. The van der Waals surface area contributed by atoms with Gasteiger partial charge in [0.2, 0.25) is 0 Å². The second-order valence-electron chi connectivity index (χ2n) is 23.6. The molecule has 5 atom stereocenters. The number of aliphatic hydroxyl groups is 1. The highest BCUT2D eigenvalue weighted by atomic mass is 31.2. The Morgan fingerprint density at radius 3 is 0.819 bits per heavy atom. The number of ether oxygens (including phenoxy) is 4. The number of esters is 4. The number of hydrogen-bond donors (Lipinski definition) is 3. The zero-order chi connectivity index (χ0) is 61.3. The molecule has 83 heavy (non-hydrogen) atoms. The second kappa shape index (κ2) is 57.8. The van der Waals surface area contributed by atoms with Gasteiger partial charge in [-0.15, -0.1) is 0 Å². The van der Waals surface area contributed by atoms with E-state index >= 15 is 0 Å². The smallest absolute Gasteiger partial charge is 0.462 e. The van der Waals surface area contributed by atoms with Gasteiger partial charge in [0.25, 0.3) is 0 Å². The summed E-state index contributed by atoms with van der Waals surface area (Å²) in [7, 11) is -9.87. The highest BCUT2D eigenvalue weighted by molar-refractivity contribution is 7.47. The first-order chi connectivity index (χ1) is 40.0. The van der Waals surface area contributed by atoms with Crippen LogP contribution in [0.2, 0.25) is 0 Å². The molecule has 0 bridgehead atoms. The van der Waals surface area contributed by atoms with Gasteiger partial charge in [0, 0.05) is 25.7 Å². The Balaban J connectivity index is 5.12. The summed E-state index contributed by atoms with van der Waals surface area (Å²) in [5.74, 6) is -1.39. The van der Waals surface area contributed by atoms with Crippen LogP contribution in [0.3, 0.4) is 0 Å². The number of carbonyl (C=O) groups is 4. The molecule has 0 fully saturated rings. The molecule has 0 aromatic heterocycles. The maximum atomic E-state index is 13.0. The lowest BCUT2D eigenvalue weighted by molar-refractivity contribution is -0.161. The van der Waals surface area contributed by atoms with Gasteiger partial charge in [-0.25, -0.2) is 9.13 Å². The van der Waals surface area contributed by atoms with E-state index in [-0.39, 0.29) is 25.7 Å². The summed E-state index contributed by atoms with van der Waals surface area (Å²) < 4.78 is 67.7. The Morgan fingerprint density at radius 2 is 0.554 bits per heavy atom. The lowest BCUT2D eigenvalue weighted by Crippen LogP contribution is -2.30. The lowest BCUT2D eigenvalue weighted by Gasteiger charge is -2.21. The summed E-state index contributed by atoms with van der Waals surface area (Å²) in [6.07, 6.45) is 42.3. The van der Waals surface area contributed by atoms with E-state index in [0.29, 0.717) is 25.7 Å². The predicted molar refractivity (Wildman–Crippen MR) is 331 cm³/mol. The topological polar surface area (TPSA) is 237 Å². The number of unbranched alkanes of at least 4 members (excludes halogenated alkanes) is 36. The second-order valence-corrected chi connectivity index (χ2v) is 26.5. The zero-order valence-corrected chi connectivity index (χ0v) is 55.1. The van der Waals surface area contributed by atoms with Crippen LogP contribution in [0.5, 0.6) is 0 Å². The van der Waals surface area contributed by atoms with Gasteiger partial charge >= 0.3 is 39.5 Å². The third-order valence-corrected chi connectivity index (χ3v) is 16.7. The number of rotatable bonds is 64. The third kappa shape index (κ3) is 58.8. The van der Waals surface area contributed by atoms with E-state index < -0.39 is 97.5 Å². The number of phosphoric ester groups is 2. The summed E-state index contributed by atoms with van der Waals surface area (Å²) >= 11 is 0. The first-order valence-electron chi connectivity index (χ1n) is 33.6. The fourth-order valence-corrected chi connectivity index (χ4v) is 11.2. The summed E-state index contributed by atoms with van der Waals surface area (Å²) in [4.78, 5) is 71.8. The molecule has 0 saturated heterocycles. The van der Waals surface area contributed by atoms with Crippen molar-refractivity contribution in [2.75, 3.05) is 39.6 Å². The van der Waals surface area contributed by atoms with Crippen LogP contribution in [-0.2, 0) is 65.4 Å². The van der Waals surface area contributed by atoms with E-state index in [2.05, 4.69) is 34.6 Å². The Kier molecular flexibility index (Phi) is 56.4. The largest absolute Gasteiger partial charge is 0.472 e. The van der Waals surface area contributed by atoms with Gasteiger partial charge < -0.3 is 33.8 Å². The van der Waals surface area contributed by atoms with Crippen molar-refractivity contribution in [3.8, 4) is 0 Å². The summed E-state index contributed by atoms with van der Waals surface area (Å²) in [6.45, 7) is 7.06. The van der Waals surface area contributed by atoms with Crippen molar-refractivity contribution in [1.82, 2.24) is 0 Å².